The van der Waals surface area contributed by atoms with Crippen molar-refractivity contribution in [2.24, 2.45) is 0 Å². The highest BCUT2D eigenvalue weighted by Crippen LogP contribution is 2.37. The van der Waals surface area contributed by atoms with Crippen LogP contribution in [0.1, 0.15) is 42.2 Å². The summed E-state index contributed by atoms with van der Waals surface area (Å²) in [4.78, 5) is 2.38. The minimum absolute atomic E-state index is 0.217. The fourth-order valence-corrected chi connectivity index (χ4v) is 3.53. The van der Waals surface area contributed by atoms with E-state index in [1.54, 1.807) is 6.07 Å². The monoisotopic (exact) mass is 327 g/mol. The van der Waals surface area contributed by atoms with E-state index in [0.717, 1.165) is 42.1 Å². The Morgan fingerprint density at radius 1 is 1.04 bits per heavy atom. The fraction of sp³-hybridized carbons (Fsp3) is 0.400. The molecular weight excluding hydrogens is 305 g/mol. The van der Waals surface area contributed by atoms with E-state index in [9.17, 15) is 4.39 Å². The summed E-state index contributed by atoms with van der Waals surface area (Å²) in [6.07, 6.45) is 3.30. The molecular formula is C20H22FNO2. The van der Waals surface area contributed by atoms with Crippen LogP contribution in [0, 0.1) is 5.82 Å². The average molecular weight is 327 g/mol. The molecule has 24 heavy (non-hydrogen) atoms. The first kappa shape index (κ1) is 15.6. The summed E-state index contributed by atoms with van der Waals surface area (Å²) in [6, 6.07) is 13.0. The predicted molar refractivity (Wildman–Crippen MR) is 90.1 cm³/mol. The Balaban J connectivity index is 1.60. The molecule has 1 fully saturated rings. The molecule has 0 aliphatic carbocycles. The zero-order valence-electron chi connectivity index (χ0n) is 13.7. The number of likely N-dealkylation sites (tertiary alicyclic amines) is 1. The maximum atomic E-state index is 14.0. The molecule has 0 amide bonds. The maximum Gasteiger partial charge on any atom is 0.227 e. The van der Waals surface area contributed by atoms with Crippen LogP contribution >= 0.6 is 0 Å². The molecule has 0 saturated carbocycles. The zero-order valence-corrected chi connectivity index (χ0v) is 13.7. The lowest BCUT2D eigenvalue weighted by molar-refractivity contribution is -0.112. The molecule has 0 radical (unpaired) electrons. The molecule has 2 heterocycles. The van der Waals surface area contributed by atoms with Crippen LogP contribution in [0.25, 0.3) is 0 Å². The molecule has 0 spiro atoms. The Morgan fingerprint density at radius 2 is 1.83 bits per heavy atom. The van der Waals surface area contributed by atoms with Crippen molar-refractivity contribution in [3.63, 3.8) is 0 Å². The lowest BCUT2D eigenvalue weighted by Gasteiger charge is -2.31. The maximum absolute atomic E-state index is 14.0. The summed E-state index contributed by atoms with van der Waals surface area (Å²) in [5.74, 6) is 0.577. The Hall–Kier alpha value is -1.91. The summed E-state index contributed by atoms with van der Waals surface area (Å²) in [6.45, 7) is 3.26. The van der Waals surface area contributed by atoms with Gasteiger partial charge in [-0.2, -0.15) is 0 Å². The average Bonchev–Trinajstić information content (AvgIpc) is 2.63. The number of benzene rings is 2. The minimum atomic E-state index is -0.427. The van der Waals surface area contributed by atoms with E-state index >= 15 is 0 Å². The van der Waals surface area contributed by atoms with Crippen molar-refractivity contribution in [1.82, 2.24) is 4.90 Å². The van der Waals surface area contributed by atoms with Crippen LogP contribution < -0.4 is 4.74 Å². The summed E-state index contributed by atoms with van der Waals surface area (Å²) in [7, 11) is 0. The molecule has 2 aliphatic heterocycles. The van der Waals surface area contributed by atoms with E-state index in [0.29, 0.717) is 6.61 Å². The third kappa shape index (κ3) is 3.30. The van der Waals surface area contributed by atoms with Crippen molar-refractivity contribution in [3.8, 4) is 5.75 Å². The second-order valence-corrected chi connectivity index (χ2v) is 6.56. The van der Waals surface area contributed by atoms with Gasteiger partial charge in [-0.05, 0) is 38.1 Å². The number of nitrogens with zero attached hydrogens (tertiary/aromatic N) is 1. The number of piperidine rings is 1. The van der Waals surface area contributed by atoms with Crippen LogP contribution in [0.4, 0.5) is 4.39 Å². The van der Waals surface area contributed by atoms with Gasteiger partial charge in [-0.15, -0.1) is 0 Å². The number of halogens is 1. The van der Waals surface area contributed by atoms with Gasteiger partial charge in [-0.3, -0.25) is 4.90 Å². The molecule has 0 unspecified atom stereocenters. The molecule has 0 N–H and O–H groups in total. The lowest BCUT2D eigenvalue weighted by atomic mass is 10.0. The second kappa shape index (κ2) is 6.91. The number of rotatable bonds is 3. The minimum Gasteiger partial charge on any atom is -0.460 e. The van der Waals surface area contributed by atoms with E-state index in [1.165, 1.54) is 25.3 Å². The van der Waals surface area contributed by atoms with Gasteiger partial charge in [-0.25, -0.2) is 4.39 Å². The zero-order chi connectivity index (χ0) is 16.4. The molecule has 0 bridgehead atoms. The molecule has 2 aromatic carbocycles. The smallest absolute Gasteiger partial charge is 0.227 e. The molecule has 4 rings (SSSR count). The lowest BCUT2D eigenvalue weighted by Crippen LogP contribution is -2.30. The molecule has 3 nitrogen and oxygen atoms in total. The van der Waals surface area contributed by atoms with Crippen molar-refractivity contribution in [2.45, 2.75) is 38.7 Å². The van der Waals surface area contributed by atoms with Gasteiger partial charge in [0.25, 0.3) is 0 Å². The quantitative estimate of drug-likeness (QED) is 0.833. The van der Waals surface area contributed by atoms with E-state index in [-0.39, 0.29) is 5.82 Å². The van der Waals surface area contributed by atoms with Crippen molar-refractivity contribution in [1.29, 1.82) is 0 Å². The van der Waals surface area contributed by atoms with Gasteiger partial charge in [0.15, 0.2) is 0 Å². The normalized spacial score (nSPS) is 21.1. The van der Waals surface area contributed by atoms with Gasteiger partial charge in [-0.1, -0.05) is 36.8 Å². The van der Waals surface area contributed by atoms with Crippen molar-refractivity contribution < 1.29 is 13.9 Å². The summed E-state index contributed by atoms with van der Waals surface area (Å²) in [5.41, 5.74) is 2.71. The highest BCUT2D eigenvalue weighted by atomic mass is 19.1. The van der Waals surface area contributed by atoms with Crippen LogP contribution in [0.2, 0.25) is 0 Å². The van der Waals surface area contributed by atoms with Crippen molar-refractivity contribution in [3.05, 3.63) is 65.0 Å². The van der Waals surface area contributed by atoms with Crippen LogP contribution in [-0.4, -0.2) is 18.0 Å². The summed E-state index contributed by atoms with van der Waals surface area (Å²) >= 11 is 0. The Labute approximate surface area is 142 Å². The first-order valence-corrected chi connectivity index (χ1v) is 8.66. The van der Waals surface area contributed by atoms with E-state index in [4.69, 9.17) is 9.47 Å². The van der Waals surface area contributed by atoms with Gasteiger partial charge >= 0.3 is 0 Å². The molecule has 126 valence electrons. The van der Waals surface area contributed by atoms with Crippen LogP contribution in [-0.2, 0) is 17.9 Å². The standard InChI is InChI=1S/C20H22FNO2/c21-18-11-16(13-22-9-5-2-6-10-22)19-17(12-18)14-23-20(24-19)15-7-3-1-4-8-15/h1,3-4,7-8,11-12,20H,2,5-6,9-10,13-14H2/t20-/m0/s1. The number of hydrogen-bond donors (Lipinski definition) is 0. The third-order valence-corrected chi connectivity index (χ3v) is 4.74. The topological polar surface area (TPSA) is 21.7 Å². The number of ether oxygens (including phenoxy) is 2. The second-order valence-electron chi connectivity index (χ2n) is 6.56. The van der Waals surface area contributed by atoms with E-state index in [1.807, 2.05) is 30.3 Å². The van der Waals surface area contributed by atoms with Gasteiger partial charge in [0, 0.05) is 23.2 Å². The molecule has 0 aromatic heterocycles. The van der Waals surface area contributed by atoms with Gasteiger partial charge in [0.1, 0.15) is 11.6 Å². The van der Waals surface area contributed by atoms with Crippen LogP contribution in [0.3, 0.4) is 0 Å². The van der Waals surface area contributed by atoms with Crippen molar-refractivity contribution in [2.75, 3.05) is 13.1 Å². The first-order chi connectivity index (χ1) is 11.8. The summed E-state index contributed by atoms with van der Waals surface area (Å²) in [5, 5.41) is 0. The Bertz CT molecular complexity index is 698. The SMILES string of the molecule is Fc1cc2c(c(CN3CCCCC3)c1)O[C@@H](c1ccccc1)OC2. The Kier molecular flexibility index (Phi) is 4.50. The Morgan fingerprint density at radius 3 is 2.62 bits per heavy atom. The first-order valence-electron chi connectivity index (χ1n) is 8.66. The summed E-state index contributed by atoms with van der Waals surface area (Å²) < 4.78 is 25.9. The van der Waals surface area contributed by atoms with E-state index < -0.39 is 6.29 Å². The van der Waals surface area contributed by atoms with Gasteiger partial charge in [0.05, 0.1) is 6.61 Å². The van der Waals surface area contributed by atoms with E-state index in [2.05, 4.69) is 4.90 Å². The molecule has 1 saturated heterocycles. The highest BCUT2D eigenvalue weighted by molar-refractivity contribution is 5.43. The molecule has 2 aromatic rings. The van der Waals surface area contributed by atoms with Crippen LogP contribution in [0.15, 0.2) is 42.5 Å². The largest absolute Gasteiger partial charge is 0.460 e. The number of hydrogen-bond acceptors (Lipinski definition) is 3. The van der Waals surface area contributed by atoms with Crippen LogP contribution in [0.5, 0.6) is 5.75 Å². The fourth-order valence-electron chi connectivity index (χ4n) is 3.53. The van der Waals surface area contributed by atoms with Gasteiger partial charge in [0.2, 0.25) is 6.29 Å². The van der Waals surface area contributed by atoms with Crippen molar-refractivity contribution >= 4 is 0 Å². The highest BCUT2D eigenvalue weighted by Gasteiger charge is 2.26. The predicted octanol–water partition coefficient (Wildman–Crippen LogP) is 4.42. The molecule has 1 atom stereocenters. The van der Waals surface area contributed by atoms with Gasteiger partial charge < -0.3 is 9.47 Å². The number of fused-ring (bicyclic) bond motifs is 1. The molecule has 4 heteroatoms. The molecule has 2 aliphatic rings. The third-order valence-electron chi connectivity index (χ3n) is 4.74.